The largest absolute Gasteiger partial charge is 0.379 e. The number of hydrogen-bond acceptors (Lipinski definition) is 5. The summed E-state index contributed by atoms with van der Waals surface area (Å²) in [5.41, 5.74) is 3.22. The lowest BCUT2D eigenvalue weighted by molar-refractivity contribution is 0.0730. The minimum atomic E-state index is -3.59. The molecule has 1 atom stereocenters. The van der Waals surface area contributed by atoms with Crippen LogP contribution in [0.4, 0.5) is 0 Å². The lowest BCUT2D eigenvalue weighted by Crippen LogP contribution is -2.40. The van der Waals surface area contributed by atoms with E-state index in [1.807, 2.05) is 30.5 Å². The number of morpholine rings is 1. The number of ketones is 1. The molecule has 0 bridgehead atoms. The molecule has 3 heterocycles. The van der Waals surface area contributed by atoms with Crippen LogP contribution in [-0.4, -0.2) is 73.4 Å². The Morgan fingerprint density at radius 1 is 1.09 bits per heavy atom. The summed E-state index contributed by atoms with van der Waals surface area (Å²) in [5, 5.41) is 0. The summed E-state index contributed by atoms with van der Waals surface area (Å²) >= 11 is 0. The zero-order valence-corrected chi connectivity index (χ0v) is 20.0. The first-order valence-corrected chi connectivity index (χ1v) is 12.9. The number of likely N-dealkylation sites (tertiary alicyclic amines) is 1. The lowest BCUT2D eigenvalue weighted by atomic mass is 10.0. The molecular weight excluding hydrogens is 426 g/mol. The van der Waals surface area contributed by atoms with Crippen molar-refractivity contribution in [3.63, 3.8) is 0 Å². The standard InChI is InChI=1S/C24H33N3O4S/c1-18-7-4-5-10-25(18)17-24(28)23-15-19(2)27(20(23)3)21-8-6-9-22(16-21)32(29,30)26-11-13-31-14-12-26/h6,8-9,15-16,18H,4-5,7,10-14,17H2,1-3H3. The fourth-order valence-electron chi connectivity index (χ4n) is 4.82. The molecule has 0 N–H and O–H groups in total. The summed E-state index contributed by atoms with van der Waals surface area (Å²) in [6.45, 7) is 9.02. The van der Waals surface area contributed by atoms with Crippen molar-refractivity contribution in [3.05, 3.63) is 47.3 Å². The normalized spacial score (nSPS) is 21.0. The average Bonchev–Trinajstić information content (AvgIpc) is 3.10. The predicted molar refractivity (Wildman–Crippen MR) is 124 cm³/mol. The highest BCUT2D eigenvalue weighted by molar-refractivity contribution is 7.89. The van der Waals surface area contributed by atoms with Crippen LogP contribution in [-0.2, 0) is 14.8 Å². The van der Waals surface area contributed by atoms with E-state index in [-0.39, 0.29) is 10.7 Å². The maximum atomic E-state index is 13.1. The highest BCUT2D eigenvalue weighted by Crippen LogP contribution is 2.26. The first kappa shape index (κ1) is 23.2. The molecule has 2 aromatic rings. The van der Waals surface area contributed by atoms with E-state index in [0.717, 1.165) is 36.5 Å². The van der Waals surface area contributed by atoms with Crippen molar-refractivity contribution in [1.82, 2.24) is 13.8 Å². The molecule has 8 heteroatoms. The van der Waals surface area contributed by atoms with Gasteiger partial charge in [-0.05, 0) is 64.4 Å². The Kier molecular flexibility index (Phi) is 6.86. The third-order valence-electron chi connectivity index (χ3n) is 6.70. The minimum absolute atomic E-state index is 0.121. The van der Waals surface area contributed by atoms with E-state index >= 15 is 0 Å². The Hall–Kier alpha value is -2.00. The molecule has 2 saturated heterocycles. The summed E-state index contributed by atoms with van der Waals surface area (Å²) in [7, 11) is -3.59. The molecule has 0 amide bonds. The summed E-state index contributed by atoms with van der Waals surface area (Å²) in [5.74, 6) is 0.121. The van der Waals surface area contributed by atoms with Gasteiger partial charge in [-0.25, -0.2) is 8.42 Å². The Balaban J connectivity index is 1.61. The predicted octanol–water partition coefficient (Wildman–Crippen LogP) is 3.17. The number of benzene rings is 1. The molecule has 174 valence electrons. The summed E-state index contributed by atoms with van der Waals surface area (Å²) in [6.07, 6.45) is 3.50. The molecule has 1 aromatic heterocycles. The van der Waals surface area contributed by atoms with Gasteiger partial charge in [0.2, 0.25) is 10.0 Å². The smallest absolute Gasteiger partial charge is 0.243 e. The Morgan fingerprint density at radius 2 is 1.84 bits per heavy atom. The third-order valence-corrected chi connectivity index (χ3v) is 8.60. The van der Waals surface area contributed by atoms with Gasteiger partial charge in [0.25, 0.3) is 0 Å². The molecule has 1 aromatic carbocycles. The summed E-state index contributed by atoms with van der Waals surface area (Å²) in [4.78, 5) is 15.7. The van der Waals surface area contributed by atoms with Gasteiger partial charge in [-0.3, -0.25) is 9.69 Å². The van der Waals surface area contributed by atoms with E-state index in [4.69, 9.17) is 4.74 Å². The monoisotopic (exact) mass is 459 g/mol. The minimum Gasteiger partial charge on any atom is -0.379 e. The molecule has 0 aliphatic carbocycles. The van der Waals surface area contributed by atoms with Crippen LogP contribution >= 0.6 is 0 Å². The number of piperidine rings is 1. The van der Waals surface area contributed by atoms with Crippen molar-refractivity contribution in [3.8, 4) is 5.69 Å². The van der Waals surface area contributed by atoms with E-state index < -0.39 is 10.0 Å². The number of sulfonamides is 1. The van der Waals surface area contributed by atoms with Crippen molar-refractivity contribution in [2.75, 3.05) is 39.4 Å². The van der Waals surface area contributed by atoms with Gasteiger partial charge < -0.3 is 9.30 Å². The van der Waals surface area contributed by atoms with Gasteiger partial charge >= 0.3 is 0 Å². The van der Waals surface area contributed by atoms with Crippen molar-refractivity contribution in [2.24, 2.45) is 0 Å². The zero-order chi connectivity index (χ0) is 22.9. The second kappa shape index (κ2) is 9.47. The van der Waals surface area contributed by atoms with Crippen molar-refractivity contribution in [2.45, 2.75) is 51.0 Å². The Labute approximate surface area is 191 Å². The van der Waals surface area contributed by atoms with Crippen LogP contribution in [0.3, 0.4) is 0 Å². The fraction of sp³-hybridized carbons (Fsp3) is 0.542. The average molecular weight is 460 g/mol. The Bertz CT molecular complexity index is 1090. The quantitative estimate of drug-likeness (QED) is 0.621. The molecule has 1 unspecified atom stereocenters. The first-order valence-electron chi connectivity index (χ1n) is 11.4. The number of carbonyl (C=O) groups excluding carboxylic acids is 1. The molecule has 32 heavy (non-hydrogen) atoms. The van der Waals surface area contributed by atoms with E-state index in [1.165, 1.54) is 10.7 Å². The second-order valence-corrected chi connectivity index (χ2v) is 10.8. The number of aryl methyl sites for hydroxylation is 1. The van der Waals surface area contributed by atoms with Crippen LogP contribution in [0.5, 0.6) is 0 Å². The third kappa shape index (κ3) is 4.55. The zero-order valence-electron chi connectivity index (χ0n) is 19.2. The Morgan fingerprint density at radius 3 is 2.56 bits per heavy atom. The number of hydrogen-bond donors (Lipinski definition) is 0. The van der Waals surface area contributed by atoms with Crippen LogP contribution in [0, 0.1) is 13.8 Å². The van der Waals surface area contributed by atoms with Gasteiger partial charge in [-0.2, -0.15) is 4.31 Å². The van der Waals surface area contributed by atoms with E-state index in [0.29, 0.717) is 44.5 Å². The number of ether oxygens (including phenoxy) is 1. The van der Waals surface area contributed by atoms with E-state index in [1.54, 1.807) is 18.2 Å². The van der Waals surface area contributed by atoms with E-state index in [9.17, 15) is 13.2 Å². The molecule has 0 radical (unpaired) electrons. The summed E-state index contributed by atoms with van der Waals surface area (Å²) < 4.78 is 35.0. The maximum Gasteiger partial charge on any atom is 0.243 e. The van der Waals surface area contributed by atoms with Crippen molar-refractivity contribution >= 4 is 15.8 Å². The van der Waals surface area contributed by atoms with Crippen LogP contribution in [0.25, 0.3) is 5.69 Å². The van der Waals surface area contributed by atoms with Crippen molar-refractivity contribution in [1.29, 1.82) is 0 Å². The fourth-order valence-corrected chi connectivity index (χ4v) is 6.27. The number of nitrogens with zero attached hydrogens (tertiary/aromatic N) is 3. The summed E-state index contributed by atoms with van der Waals surface area (Å²) in [6, 6.07) is 9.34. The van der Waals surface area contributed by atoms with Crippen LogP contribution in [0.15, 0.2) is 35.2 Å². The molecular formula is C24H33N3O4S. The molecule has 0 saturated carbocycles. The number of Topliss-reactive ketones (excluding diaryl/α,β-unsaturated/α-hetero) is 1. The number of rotatable bonds is 6. The molecule has 4 rings (SSSR count). The molecule has 0 spiro atoms. The SMILES string of the molecule is Cc1cc(C(=O)CN2CCCCC2C)c(C)n1-c1cccc(S(=O)(=O)N2CCOCC2)c1. The maximum absolute atomic E-state index is 13.1. The van der Waals surface area contributed by atoms with Gasteiger partial charge in [0.15, 0.2) is 5.78 Å². The topological polar surface area (TPSA) is 71.9 Å². The lowest BCUT2D eigenvalue weighted by Gasteiger charge is -2.32. The van der Waals surface area contributed by atoms with E-state index in [2.05, 4.69) is 11.8 Å². The van der Waals surface area contributed by atoms with Crippen LogP contribution in [0.2, 0.25) is 0 Å². The molecule has 2 aliphatic rings. The van der Waals surface area contributed by atoms with Gasteiger partial charge in [-0.1, -0.05) is 12.5 Å². The van der Waals surface area contributed by atoms with Crippen LogP contribution in [0.1, 0.15) is 47.9 Å². The van der Waals surface area contributed by atoms with Gasteiger partial charge in [0, 0.05) is 41.8 Å². The number of carbonyl (C=O) groups is 1. The van der Waals surface area contributed by atoms with Gasteiger partial charge in [-0.15, -0.1) is 0 Å². The van der Waals surface area contributed by atoms with Crippen molar-refractivity contribution < 1.29 is 17.9 Å². The highest BCUT2D eigenvalue weighted by atomic mass is 32.2. The highest BCUT2D eigenvalue weighted by Gasteiger charge is 2.27. The van der Waals surface area contributed by atoms with Gasteiger partial charge in [0.05, 0.1) is 24.7 Å². The molecule has 2 fully saturated rings. The van der Waals surface area contributed by atoms with Crippen LogP contribution < -0.4 is 0 Å². The second-order valence-electron chi connectivity index (χ2n) is 8.87. The van der Waals surface area contributed by atoms with Gasteiger partial charge in [0.1, 0.15) is 0 Å². The molecule has 7 nitrogen and oxygen atoms in total. The molecule has 2 aliphatic heterocycles. The number of aromatic nitrogens is 1. The first-order chi connectivity index (χ1) is 15.3.